The van der Waals surface area contributed by atoms with Crippen LogP contribution in [0.5, 0.6) is 0 Å². The van der Waals surface area contributed by atoms with Crippen LogP contribution in [0.4, 0.5) is 21.9 Å². The van der Waals surface area contributed by atoms with E-state index in [1.54, 1.807) is 48.5 Å². The van der Waals surface area contributed by atoms with Gasteiger partial charge in [-0.1, -0.05) is 42.5 Å². The number of anilines is 3. The van der Waals surface area contributed by atoms with Gasteiger partial charge in [0.05, 0.1) is 11.0 Å². The molecule has 0 spiro atoms. The standard InChI is InChI=1S/C28H22N4O3/c33-26(18-32-24-12-6-4-10-22(24)27(34)23-11-5-7-13-25(23)32)29-20-14-16-21(17-15-20)31-28(35)30-19-8-2-1-3-9-19/h1-17H,18H2,(H,29,33)(H2,30,31,35). The molecule has 0 aliphatic carbocycles. The zero-order valence-electron chi connectivity index (χ0n) is 18.7. The van der Waals surface area contributed by atoms with E-state index in [0.717, 1.165) is 0 Å². The molecule has 0 radical (unpaired) electrons. The first kappa shape index (κ1) is 21.9. The predicted octanol–water partition coefficient (Wildman–Crippen LogP) is 5.44. The number of carbonyl (C=O) groups excluding carboxylic acids is 2. The Morgan fingerprint density at radius 1 is 0.571 bits per heavy atom. The highest BCUT2D eigenvalue weighted by Gasteiger charge is 2.13. The molecule has 7 heteroatoms. The molecule has 3 N–H and O–H groups in total. The first-order valence-corrected chi connectivity index (χ1v) is 11.1. The van der Waals surface area contributed by atoms with E-state index in [2.05, 4.69) is 16.0 Å². The van der Waals surface area contributed by atoms with Crippen LogP contribution in [-0.4, -0.2) is 16.5 Å². The Hall–Kier alpha value is -4.91. The molecular weight excluding hydrogens is 440 g/mol. The van der Waals surface area contributed by atoms with E-state index in [-0.39, 0.29) is 23.9 Å². The van der Waals surface area contributed by atoms with Crippen LogP contribution in [0.25, 0.3) is 21.8 Å². The van der Waals surface area contributed by atoms with Crippen molar-refractivity contribution in [3.63, 3.8) is 0 Å². The molecule has 0 fully saturated rings. The Bertz CT molecular complexity index is 1530. The number of hydrogen-bond acceptors (Lipinski definition) is 3. The van der Waals surface area contributed by atoms with Crippen molar-refractivity contribution in [2.75, 3.05) is 16.0 Å². The molecule has 0 aliphatic rings. The van der Waals surface area contributed by atoms with Gasteiger partial charge in [0.1, 0.15) is 6.54 Å². The Balaban J connectivity index is 1.31. The number of carbonyl (C=O) groups is 2. The number of rotatable bonds is 5. The van der Waals surface area contributed by atoms with Crippen LogP contribution >= 0.6 is 0 Å². The largest absolute Gasteiger partial charge is 0.331 e. The highest BCUT2D eigenvalue weighted by molar-refractivity contribution is 6.00. The molecule has 4 aromatic carbocycles. The number of para-hydroxylation sites is 3. The molecular formula is C28H22N4O3. The quantitative estimate of drug-likeness (QED) is 0.304. The maximum Gasteiger partial charge on any atom is 0.323 e. The molecule has 0 saturated heterocycles. The van der Waals surface area contributed by atoms with Gasteiger partial charge in [0.2, 0.25) is 5.91 Å². The summed E-state index contributed by atoms with van der Waals surface area (Å²) in [7, 11) is 0. The van der Waals surface area contributed by atoms with Crippen LogP contribution in [0.2, 0.25) is 0 Å². The number of benzene rings is 4. The third-order valence-electron chi connectivity index (χ3n) is 5.64. The molecule has 0 saturated carbocycles. The molecule has 35 heavy (non-hydrogen) atoms. The molecule has 5 aromatic rings. The fourth-order valence-corrected chi connectivity index (χ4v) is 4.04. The second kappa shape index (κ2) is 9.52. The van der Waals surface area contributed by atoms with Crippen LogP contribution < -0.4 is 21.4 Å². The number of nitrogens with one attached hydrogen (secondary N) is 3. The minimum absolute atomic E-state index is 0.0425. The molecule has 0 bridgehead atoms. The van der Waals surface area contributed by atoms with E-state index in [0.29, 0.717) is 38.9 Å². The van der Waals surface area contributed by atoms with Gasteiger partial charge in [-0.2, -0.15) is 0 Å². The van der Waals surface area contributed by atoms with Gasteiger partial charge in [-0.3, -0.25) is 9.59 Å². The first-order valence-electron chi connectivity index (χ1n) is 11.1. The maximum atomic E-state index is 12.9. The first-order chi connectivity index (χ1) is 17.1. The lowest BCUT2D eigenvalue weighted by molar-refractivity contribution is -0.116. The molecule has 5 rings (SSSR count). The third-order valence-corrected chi connectivity index (χ3v) is 5.64. The second-order valence-corrected chi connectivity index (χ2v) is 8.02. The Kier molecular flexibility index (Phi) is 5.96. The van der Waals surface area contributed by atoms with Crippen LogP contribution in [0.1, 0.15) is 0 Å². The number of fused-ring (bicyclic) bond motifs is 2. The monoisotopic (exact) mass is 462 g/mol. The highest BCUT2D eigenvalue weighted by Crippen LogP contribution is 2.20. The van der Waals surface area contributed by atoms with Gasteiger partial charge in [0, 0.05) is 27.8 Å². The summed E-state index contributed by atoms with van der Waals surface area (Å²) in [6.07, 6.45) is 0. The van der Waals surface area contributed by atoms with Crippen molar-refractivity contribution in [2.45, 2.75) is 6.54 Å². The van der Waals surface area contributed by atoms with Crippen molar-refractivity contribution in [1.82, 2.24) is 4.57 Å². The average Bonchev–Trinajstić information content (AvgIpc) is 2.88. The smallest absolute Gasteiger partial charge is 0.323 e. The summed E-state index contributed by atoms with van der Waals surface area (Å²) in [6.45, 7) is 0.0425. The van der Waals surface area contributed by atoms with Gasteiger partial charge in [0.25, 0.3) is 0 Å². The van der Waals surface area contributed by atoms with Crippen molar-refractivity contribution in [1.29, 1.82) is 0 Å². The van der Waals surface area contributed by atoms with Gasteiger partial charge >= 0.3 is 6.03 Å². The minimum Gasteiger partial charge on any atom is -0.331 e. The molecule has 172 valence electrons. The van der Waals surface area contributed by atoms with E-state index in [1.165, 1.54) is 0 Å². The summed E-state index contributed by atoms with van der Waals surface area (Å²) in [6, 6.07) is 30.2. The van der Waals surface area contributed by atoms with E-state index in [1.807, 2.05) is 59.2 Å². The fourth-order valence-electron chi connectivity index (χ4n) is 4.04. The topological polar surface area (TPSA) is 92.2 Å². The second-order valence-electron chi connectivity index (χ2n) is 8.02. The lowest BCUT2D eigenvalue weighted by atomic mass is 10.1. The van der Waals surface area contributed by atoms with Crippen molar-refractivity contribution >= 4 is 50.8 Å². The van der Waals surface area contributed by atoms with Gasteiger partial charge in [-0.15, -0.1) is 0 Å². The van der Waals surface area contributed by atoms with Gasteiger partial charge in [-0.05, 0) is 60.7 Å². The van der Waals surface area contributed by atoms with Gasteiger partial charge in [0.15, 0.2) is 5.43 Å². The SMILES string of the molecule is O=C(Cn1c2ccccc2c(=O)c2ccccc21)Nc1ccc(NC(=O)Nc2ccccc2)cc1. The summed E-state index contributed by atoms with van der Waals surface area (Å²) in [5.41, 5.74) is 3.24. The van der Waals surface area contributed by atoms with E-state index in [4.69, 9.17) is 0 Å². The van der Waals surface area contributed by atoms with Gasteiger partial charge < -0.3 is 20.5 Å². The number of amides is 3. The molecule has 1 heterocycles. The number of aromatic nitrogens is 1. The van der Waals surface area contributed by atoms with Crippen molar-refractivity contribution in [2.24, 2.45) is 0 Å². The van der Waals surface area contributed by atoms with Crippen LogP contribution in [-0.2, 0) is 11.3 Å². The fraction of sp³-hybridized carbons (Fsp3) is 0.0357. The molecule has 7 nitrogen and oxygen atoms in total. The third kappa shape index (κ3) is 4.74. The summed E-state index contributed by atoms with van der Waals surface area (Å²) in [5.74, 6) is -0.230. The number of urea groups is 1. The summed E-state index contributed by atoms with van der Waals surface area (Å²) < 4.78 is 1.85. The molecule has 3 amide bonds. The average molecular weight is 463 g/mol. The zero-order chi connectivity index (χ0) is 24.2. The Labute approximate surface area is 201 Å². The Morgan fingerprint density at radius 2 is 1.03 bits per heavy atom. The minimum atomic E-state index is -0.357. The van der Waals surface area contributed by atoms with Crippen molar-refractivity contribution < 1.29 is 9.59 Å². The molecule has 0 atom stereocenters. The number of hydrogen-bond donors (Lipinski definition) is 3. The lowest BCUT2D eigenvalue weighted by Crippen LogP contribution is -2.21. The predicted molar refractivity (Wildman–Crippen MR) is 140 cm³/mol. The number of pyridine rings is 1. The number of nitrogens with zero attached hydrogens (tertiary/aromatic N) is 1. The normalized spacial score (nSPS) is 10.7. The van der Waals surface area contributed by atoms with Crippen LogP contribution in [0.3, 0.4) is 0 Å². The van der Waals surface area contributed by atoms with Crippen LogP contribution in [0, 0.1) is 0 Å². The summed E-state index contributed by atoms with van der Waals surface area (Å²) in [5, 5.41) is 9.55. The van der Waals surface area contributed by atoms with Crippen LogP contribution in [0.15, 0.2) is 108 Å². The summed E-state index contributed by atoms with van der Waals surface area (Å²) in [4.78, 5) is 38.0. The maximum absolute atomic E-state index is 12.9. The highest BCUT2D eigenvalue weighted by atomic mass is 16.2. The molecule has 1 aromatic heterocycles. The molecule has 0 aliphatic heterocycles. The lowest BCUT2D eigenvalue weighted by Gasteiger charge is -2.15. The van der Waals surface area contributed by atoms with Crippen molar-refractivity contribution in [3.8, 4) is 0 Å². The Morgan fingerprint density at radius 3 is 1.60 bits per heavy atom. The van der Waals surface area contributed by atoms with Gasteiger partial charge in [-0.25, -0.2) is 4.79 Å². The van der Waals surface area contributed by atoms with E-state index < -0.39 is 0 Å². The summed E-state index contributed by atoms with van der Waals surface area (Å²) >= 11 is 0. The molecule has 0 unspecified atom stereocenters. The zero-order valence-corrected chi connectivity index (χ0v) is 18.7. The van der Waals surface area contributed by atoms with E-state index >= 15 is 0 Å². The van der Waals surface area contributed by atoms with Crippen molar-refractivity contribution in [3.05, 3.63) is 113 Å². The van der Waals surface area contributed by atoms with E-state index in [9.17, 15) is 14.4 Å².